The van der Waals surface area contributed by atoms with E-state index < -0.39 is 0 Å². The van der Waals surface area contributed by atoms with Crippen LogP contribution in [0.25, 0.3) is 0 Å². The van der Waals surface area contributed by atoms with Gasteiger partial charge in [-0.1, -0.05) is 36.4 Å². The molecule has 0 saturated heterocycles. The molecule has 4 heteroatoms. The number of benzene rings is 4. The number of methoxy groups -OCH3 is 3. The minimum absolute atomic E-state index is 0.778. The first-order valence-electron chi connectivity index (χ1n) is 11.9. The van der Waals surface area contributed by atoms with Crippen molar-refractivity contribution in [3.05, 3.63) is 113 Å². The third kappa shape index (κ3) is 7.03. The van der Waals surface area contributed by atoms with Crippen molar-refractivity contribution in [2.75, 3.05) is 21.3 Å². The normalized spacial score (nSPS) is 10.6. The minimum Gasteiger partial charge on any atom is -0.497 e. The molecule has 0 unspecified atom stereocenters. The zero-order chi connectivity index (χ0) is 24.5. The van der Waals surface area contributed by atoms with Crippen LogP contribution in [0.1, 0.15) is 22.3 Å². The van der Waals surface area contributed by atoms with Crippen LogP contribution in [0.3, 0.4) is 0 Å². The smallest absolute Gasteiger partial charge is 0.131 e. The number of hydrogen-bond acceptors (Lipinski definition) is 4. The van der Waals surface area contributed by atoms with Gasteiger partial charge in [0.05, 0.1) is 21.3 Å². The Morgan fingerprint density at radius 1 is 0.371 bits per heavy atom. The molecule has 0 N–H and O–H groups in total. The quantitative estimate of drug-likeness (QED) is 0.236. The summed E-state index contributed by atoms with van der Waals surface area (Å²) in [5.74, 6) is 4.14. The van der Waals surface area contributed by atoms with Gasteiger partial charge in [0.2, 0.25) is 0 Å². The van der Waals surface area contributed by atoms with Crippen LogP contribution in [0.4, 0.5) is 0 Å². The number of aryl methyl sites for hydroxylation is 4. The van der Waals surface area contributed by atoms with Gasteiger partial charge in [0.25, 0.3) is 0 Å². The zero-order valence-corrected chi connectivity index (χ0v) is 20.6. The van der Waals surface area contributed by atoms with E-state index in [1.807, 2.05) is 42.5 Å². The lowest BCUT2D eigenvalue weighted by Crippen LogP contribution is -1.95. The summed E-state index contributed by atoms with van der Waals surface area (Å²) in [5, 5.41) is 0. The fraction of sp³-hybridized carbons (Fsp3) is 0.226. The second kappa shape index (κ2) is 12.0. The van der Waals surface area contributed by atoms with Crippen molar-refractivity contribution < 1.29 is 18.9 Å². The summed E-state index contributed by atoms with van der Waals surface area (Å²) in [4.78, 5) is 0. The monoisotopic (exact) mass is 468 g/mol. The van der Waals surface area contributed by atoms with Gasteiger partial charge in [0, 0.05) is 6.07 Å². The average Bonchev–Trinajstić information content (AvgIpc) is 2.92. The van der Waals surface area contributed by atoms with Crippen molar-refractivity contribution in [1.29, 1.82) is 0 Å². The Balaban J connectivity index is 1.36. The Kier molecular flexibility index (Phi) is 8.29. The van der Waals surface area contributed by atoms with E-state index in [1.54, 1.807) is 21.3 Å². The van der Waals surface area contributed by atoms with E-state index in [0.717, 1.165) is 54.4 Å². The van der Waals surface area contributed by atoms with Gasteiger partial charge in [0.1, 0.15) is 28.7 Å². The van der Waals surface area contributed by atoms with Crippen molar-refractivity contribution >= 4 is 0 Å². The number of hydrogen-bond donors (Lipinski definition) is 0. The lowest BCUT2D eigenvalue weighted by molar-refractivity contribution is 0.408. The van der Waals surface area contributed by atoms with Crippen LogP contribution >= 0.6 is 0 Å². The molecule has 0 atom stereocenters. The highest BCUT2D eigenvalue weighted by molar-refractivity contribution is 5.42. The fourth-order valence-electron chi connectivity index (χ4n) is 3.97. The van der Waals surface area contributed by atoms with Gasteiger partial charge in [-0.15, -0.1) is 0 Å². The van der Waals surface area contributed by atoms with E-state index in [0.29, 0.717) is 0 Å². The summed E-state index contributed by atoms with van der Waals surface area (Å²) in [5.41, 5.74) is 5.01. The Morgan fingerprint density at radius 2 is 0.743 bits per heavy atom. The highest BCUT2D eigenvalue weighted by atomic mass is 16.5. The average molecular weight is 469 g/mol. The largest absolute Gasteiger partial charge is 0.497 e. The molecule has 4 aromatic rings. The third-order valence-electron chi connectivity index (χ3n) is 6.06. The molecule has 0 aromatic heterocycles. The van der Waals surface area contributed by atoms with Crippen LogP contribution < -0.4 is 18.9 Å². The van der Waals surface area contributed by atoms with E-state index in [2.05, 4.69) is 48.5 Å². The van der Waals surface area contributed by atoms with Gasteiger partial charge < -0.3 is 18.9 Å². The molecule has 0 aliphatic heterocycles. The summed E-state index contributed by atoms with van der Waals surface area (Å²) in [6.07, 6.45) is 3.78. The maximum absolute atomic E-state index is 6.18. The van der Waals surface area contributed by atoms with E-state index in [-0.39, 0.29) is 0 Å². The molecule has 0 heterocycles. The first-order valence-corrected chi connectivity index (χ1v) is 11.9. The van der Waals surface area contributed by atoms with Crippen LogP contribution in [-0.4, -0.2) is 21.3 Å². The Bertz CT molecular complexity index is 1200. The van der Waals surface area contributed by atoms with E-state index in [1.165, 1.54) is 22.3 Å². The molecule has 35 heavy (non-hydrogen) atoms. The van der Waals surface area contributed by atoms with Crippen molar-refractivity contribution in [2.45, 2.75) is 25.7 Å². The second-order valence-corrected chi connectivity index (χ2v) is 8.46. The Morgan fingerprint density at radius 3 is 1.17 bits per heavy atom. The SMILES string of the molecule is COc1ccc(CCc2ccc(Oc3cc(CCc4ccc(OC)cc4)cc(OC)c3)cc2)cc1. The summed E-state index contributed by atoms with van der Waals surface area (Å²) < 4.78 is 22.2. The Hall–Kier alpha value is -3.92. The topological polar surface area (TPSA) is 36.9 Å². The zero-order valence-electron chi connectivity index (χ0n) is 20.6. The van der Waals surface area contributed by atoms with Gasteiger partial charge >= 0.3 is 0 Å². The van der Waals surface area contributed by atoms with Crippen LogP contribution in [-0.2, 0) is 25.7 Å². The van der Waals surface area contributed by atoms with E-state index in [4.69, 9.17) is 18.9 Å². The molecule has 0 spiro atoms. The van der Waals surface area contributed by atoms with Crippen molar-refractivity contribution in [1.82, 2.24) is 0 Å². The second-order valence-electron chi connectivity index (χ2n) is 8.46. The summed E-state index contributed by atoms with van der Waals surface area (Å²) in [6, 6.07) is 30.8. The van der Waals surface area contributed by atoms with Crippen LogP contribution in [0.5, 0.6) is 28.7 Å². The minimum atomic E-state index is 0.778. The van der Waals surface area contributed by atoms with E-state index >= 15 is 0 Å². The van der Waals surface area contributed by atoms with Gasteiger partial charge in [-0.2, -0.15) is 0 Å². The van der Waals surface area contributed by atoms with Gasteiger partial charge in [-0.3, -0.25) is 0 Å². The highest BCUT2D eigenvalue weighted by Crippen LogP contribution is 2.28. The molecule has 0 radical (unpaired) electrons. The number of rotatable bonds is 11. The van der Waals surface area contributed by atoms with Crippen LogP contribution in [0.2, 0.25) is 0 Å². The van der Waals surface area contributed by atoms with Crippen molar-refractivity contribution in [2.24, 2.45) is 0 Å². The van der Waals surface area contributed by atoms with Gasteiger partial charge in [0.15, 0.2) is 0 Å². The molecule has 0 amide bonds. The first-order chi connectivity index (χ1) is 17.1. The van der Waals surface area contributed by atoms with Gasteiger partial charge in [-0.25, -0.2) is 0 Å². The van der Waals surface area contributed by atoms with E-state index in [9.17, 15) is 0 Å². The molecular formula is C31H32O4. The molecule has 4 aromatic carbocycles. The molecule has 4 rings (SSSR count). The van der Waals surface area contributed by atoms with Crippen molar-refractivity contribution in [3.63, 3.8) is 0 Å². The lowest BCUT2D eigenvalue weighted by atomic mass is 10.0. The molecule has 180 valence electrons. The van der Waals surface area contributed by atoms with Gasteiger partial charge in [-0.05, 0) is 96.5 Å². The third-order valence-corrected chi connectivity index (χ3v) is 6.06. The molecule has 0 saturated carbocycles. The maximum Gasteiger partial charge on any atom is 0.131 e. The molecule has 0 aliphatic carbocycles. The lowest BCUT2D eigenvalue weighted by Gasteiger charge is -2.12. The standard InChI is InChI=1S/C31H32O4/c1-32-27-14-8-23(9-15-27)4-5-24-12-18-29(19-13-24)35-31-21-26(20-30(22-31)34-3)7-6-25-10-16-28(33-2)17-11-25/h8-22H,4-7H2,1-3H3. The predicted molar refractivity (Wildman–Crippen MR) is 140 cm³/mol. The summed E-state index contributed by atoms with van der Waals surface area (Å²) in [7, 11) is 5.06. The molecule has 0 fully saturated rings. The first kappa shape index (κ1) is 24.2. The van der Waals surface area contributed by atoms with Crippen LogP contribution in [0, 0.1) is 0 Å². The Labute approximate surface area is 208 Å². The van der Waals surface area contributed by atoms with Crippen molar-refractivity contribution in [3.8, 4) is 28.7 Å². The molecule has 0 aliphatic rings. The number of ether oxygens (including phenoxy) is 4. The molecule has 0 bridgehead atoms. The summed E-state index contributed by atoms with van der Waals surface area (Å²) in [6.45, 7) is 0. The maximum atomic E-state index is 6.18. The summed E-state index contributed by atoms with van der Waals surface area (Å²) >= 11 is 0. The fourth-order valence-corrected chi connectivity index (χ4v) is 3.97. The predicted octanol–water partition coefficient (Wildman–Crippen LogP) is 7.08. The highest BCUT2D eigenvalue weighted by Gasteiger charge is 2.06. The molecule has 4 nitrogen and oxygen atoms in total. The molecular weight excluding hydrogens is 436 g/mol. The van der Waals surface area contributed by atoms with Crippen LogP contribution in [0.15, 0.2) is 91.0 Å².